The highest BCUT2D eigenvalue weighted by atomic mass is 79.9. The maximum absolute atomic E-state index is 12.4. The van der Waals surface area contributed by atoms with E-state index in [9.17, 15) is 9.59 Å². The fourth-order valence-corrected chi connectivity index (χ4v) is 2.44. The van der Waals surface area contributed by atoms with Crippen molar-refractivity contribution in [2.45, 2.75) is 6.42 Å². The second-order valence-electron chi connectivity index (χ2n) is 4.63. The van der Waals surface area contributed by atoms with Gasteiger partial charge in [0.1, 0.15) is 6.54 Å². The van der Waals surface area contributed by atoms with Crippen molar-refractivity contribution >= 4 is 33.4 Å². The number of rotatable bonds is 1. The molecule has 1 aromatic rings. The molecule has 1 fully saturated rings. The van der Waals surface area contributed by atoms with Gasteiger partial charge in [-0.2, -0.15) is 0 Å². The van der Waals surface area contributed by atoms with E-state index in [4.69, 9.17) is 5.73 Å². The third kappa shape index (κ3) is 3.07. The Morgan fingerprint density at radius 1 is 1.37 bits per heavy atom. The van der Waals surface area contributed by atoms with Crippen molar-refractivity contribution in [3.05, 3.63) is 28.2 Å². The lowest BCUT2D eigenvalue weighted by Crippen LogP contribution is -2.38. The van der Waals surface area contributed by atoms with E-state index in [1.54, 1.807) is 35.0 Å². The van der Waals surface area contributed by atoms with Crippen LogP contribution in [0, 0.1) is 0 Å². The molecule has 0 spiro atoms. The zero-order valence-corrected chi connectivity index (χ0v) is 12.3. The Hall–Kier alpha value is -1.56. The molecule has 6 heteroatoms. The molecule has 0 radical (unpaired) electrons. The van der Waals surface area contributed by atoms with E-state index < -0.39 is 0 Å². The number of nitrogens with zero attached hydrogens (tertiary/aromatic N) is 2. The van der Waals surface area contributed by atoms with Gasteiger partial charge in [-0.15, -0.1) is 0 Å². The number of benzene rings is 1. The van der Waals surface area contributed by atoms with Crippen LogP contribution in [0.3, 0.4) is 0 Å². The van der Waals surface area contributed by atoms with Crippen molar-refractivity contribution in [2.75, 3.05) is 32.4 Å². The number of carbonyl (C=O) groups is 2. The molecule has 0 atom stereocenters. The van der Waals surface area contributed by atoms with Gasteiger partial charge in [-0.05, 0) is 24.6 Å². The predicted molar refractivity (Wildman–Crippen MR) is 76.7 cm³/mol. The van der Waals surface area contributed by atoms with Crippen molar-refractivity contribution in [1.82, 2.24) is 9.80 Å². The van der Waals surface area contributed by atoms with E-state index in [2.05, 4.69) is 15.9 Å². The summed E-state index contributed by atoms with van der Waals surface area (Å²) in [5.41, 5.74) is 6.72. The minimum absolute atomic E-state index is 0.0402. The summed E-state index contributed by atoms with van der Waals surface area (Å²) >= 11 is 3.31. The average molecular weight is 326 g/mol. The van der Waals surface area contributed by atoms with Crippen molar-refractivity contribution in [3.8, 4) is 0 Å². The van der Waals surface area contributed by atoms with Gasteiger partial charge in [-0.25, -0.2) is 0 Å². The van der Waals surface area contributed by atoms with Gasteiger partial charge in [0, 0.05) is 30.3 Å². The maximum Gasteiger partial charge on any atom is 0.256 e. The zero-order chi connectivity index (χ0) is 14.0. The first-order valence-electron chi connectivity index (χ1n) is 6.07. The minimum atomic E-state index is -0.186. The first-order valence-corrected chi connectivity index (χ1v) is 6.86. The Labute approximate surface area is 120 Å². The van der Waals surface area contributed by atoms with Crippen LogP contribution in [0.4, 0.5) is 5.69 Å². The van der Waals surface area contributed by atoms with E-state index in [0.717, 1.165) is 10.9 Å². The van der Waals surface area contributed by atoms with Crippen LogP contribution in [0.2, 0.25) is 0 Å². The van der Waals surface area contributed by atoms with Crippen LogP contribution in [-0.2, 0) is 4.79 Å². The largest absolute Gasteiger partial charge is 0.398 e. The number of carbonyl (C=O) groups excluding carboxylic acids is 2. The van der Waals surface area contributed by atoms with Crippen LogP contribution in [0.1, 0.15) is 16.8 Å². The minimum Gasteiger partial charge on any atom is -0.398 e. The van der Waals surface area contributed by atoms with Gasteiger partial charge in [0.2, 0.25) is 5.91 Å². The molecule has 0 bridgehead atoms. The molecule has 102 valence electrons. The molecular weight excluding hydrogens is 310 g/mol. The summed E-state index contributed by atoms with van der Waals surface area (Å²) in [6, 6.07) is 5.15. The van der Waals surface area contributed by atoms with Crippen molar-refractivity contribution < 1.29 is 9.59 Å². The van der Waals surface area contributed by atoms with E-state index >= 15 is 0 Å². The number of amides is 2. The molecule has 1 heterocycles. The number of nitrogens with two attached hydrogens (primary N) is 1. The molecule has 1 saturated heterocycles. The number of anilines is 1. The second-order valence-corrected chi connectivity index (χ2v) is 5.54. The molecule has 0 aliphatic carbocycles. The first kappa shape index (κ1) is 13.9. The summed E-state index contributed by atoms with van der Waals surface area (Å²) in [5, 5.41) is 0. The molecule has 0 aromatic heterocycles. The molecule has 1 aliphatic rings. The Morgan fingerprint density at radius 2 is 2.11 bits per heavy atom. The predicted octanol–water partition coefficient (Wildman–Crippen LogP) is 1.34. The highest BCUT2D eigenvalue weighted by Gasteiger charge is 2.24. The molecule has 1 aliphatic heterocycles. The molecule has 1 aromatic carbocycles. The standard InChI is InChI=1S/C13H16BrN3O2/c1-16-5-2-6-17(8-12(16)18)13(19)10-4-3-9(14)7-11(10)15/h3-4,7H,2,5-6,8,15H2,1H3. The topological polar surface area (TPSA) is 66.6 Å². The number of hydrogen-bond acceptors (Lipinski definition) is 3. The van der Waals surface area contributed by atoms with E-state index in [0.29, 0.717) is 24.3 Å². The van der Waals surface area contributed by atoms with Gasteiger partial charge < -0.3 is 15.5 Å². The highest BCUT2D eigenvalue weighted by Crippen LogP contribution is 2.20. The Balaban J connectivity index is 2.21. The third-order valence-corrected chi connectivity index (χ3v) is 3.70. The second kappa shape index (κ2) is 5.61. The van der Waals surface area contributed by atoms with Crippen molar-refractivity contribution in [1.29, 1.82) is 0 Å². The number of likely N-dealkylation sites (N-methyl/N-ethyl adjacent to an activating group) is 1. The van der Waals surface area contributed by atoms with Gasteiger partial charge in [-0.3, -0.25) is 9.59 Å². The molecule has 5 nitrogen and oxygen atoms in total. The molecule has 2 amide bonds. The summed E-state index contributed by atoms with van der Waals surface area (Å²) in [5.74, 6) is -0.227. The lowest BCUT2D eigenvalue weighted by atomic mass is 10.1. The van der Waals surface area contributed by atoms with Crippen LogP contribution in [0.15, 0.2) is 22.7 Å². The number of halogens is 1. The molecule has 0 saturated carbocycles. The fraction of sp³-hybridized carbons (Fsp3) is 0.385. The van der Waals surface area contributed by atoms with E-state index in [-0.39, 0.29) is 18.4 Å². The SMILES string of the molecule is CN1CCCN(C(=O)c2ccc(Br)cc2N)CC1=O. The quantitative estimate of drug-likeness (QED) is 0.792. The Bertz CT molecular complexity index is 519. The normalized spacial score (nSPS) is 16.4. The summed E-state index contributed by atoms with van der Waals surface area (Å²) in [4.78, 5) is 27.4. The summed E-state index contributed by atoms with van der Waals surface area (Å²) in [6.07, 6.45) is 0.782. The number of nitrogen functional groups attached to an aromatic ring is 1. The van der Waals surface area contributed by atoms with Gasteiger partial charge in [-0.1, -0.05) is 15.9 Å². The molecular formula is C13H16BrN3O2. The van der Waals surface area contributed by atoms with Crippen LogP contribution < -0.4 is 5.73 Å². The van der Waals surface area contributed by atoms with E-state index in [1.807, 2.05) is 0 Å². The van der Waals surface area contributed by atoms with Crippen LogP contribution >= 0.6 is 15.9 Å². The van der Waals surface area contributed by atoms with Gasteiger partial charge in [0.25, 0.3) is 5.91 Å². The van der Waals surface area contributed by atoms with Crippen LogP contribution in [-0.4, -0.2) is 48.3 Å². The molecule has 2 rings (SSSR count). The highest BCUT2D eigenvalue weighted by molar-refractivity contribution is 9.10. The summed E-state index contributed by atoms with van der Waals surface area (Å²) < 4.78 is 0.827. The van der Waals surface area contributed by atoms with E-state index in [1.165, 1.54) is 0 Å². The molecule has 0 unspecified atom stereocenters. The lowest BCUT2D eigenvalue weighted by molar-refractivity contribution is -0.129. The maximum atomic E-state index is 12.4. The smallest absolute Gasteiger partial charge is 0.256 e. The Morgan fingerprint density at radius 3 is 2.79 bits per heavy atom. The molecule has 19 heavy (non-hydrogen) atoms. The number of hydrogen-bond donors (Lipinski definition) is 1. The van der Waals surface area contributed by atoms with Crippen LogP contribution in [0.25, 0.3) is 0 Å². The summed E-state index contributed by atoms with van der Waals surface area (Å²) in [6.45, 7) is 1.37. The van der Waals surface area contributed by atoms with Crippen molar-refractivity contribution in [2.24, 2.45) is 0 Å². The summed E-state index contributed by atoms with van der Waals surface area (Å²) in [7, 11) is 1.75. The van der Waals surface area contributed by atoms with Gasteiger partial charge in [0.05, 0.1) is 5.56 Å². The van der Waals surface area contributed by atoms with Gasteiger partial charge >= 0.3 is 0 Å². The first-order chi connectivity index (χ1) is 8.99. The van der Waals surface area contributed by atoms with Crippen LogP contribution in [0.5, 0.6) is 0 Å². The Kier molecular flexibility index (Phi) is 4.09. The average Bonchev–Trinajstić information content (AvgIpc) is 2.51. The third-order valence-electron chi connectivity index (χ3n) is 3.20. The molecule has 2 N–H and O–H groups in total. The zero-order valence-electron chi connectivity index (χ0n) is 10.7. The van der Waals surface area contributed by atoms with Gasteiger partial charge in [0.15, 0.2) is 0 Å². The fourth-order valence-electron chi connectivity index (χ4n) is 2.06. The lowest BCUT2D eigenvalue weighted by Gasteiger charge is -2.20. The van der Waals surface area contributed by atoms with Crippen molar-refractivity contribution in [3.63, 3.8) is 0 Å². The monoisotopic (exact) mass is 325 g/mol.